The van der Waals surface area contributed by atoms with Gasteiger partial charge >= 0.3 is 0 Å². The van der Waals surface area contributed by atoms with Gasteiger partial charge in [0.05, 0.1) is 6.20 Å². The van der Waals surface area contributed by atoms with Crippen LogP contribution >= 0.6 is 11.8 Å². The monoisotopic (exact) mass is 290 g/mol. The summed E-state index contributed by atoms with van der Waals surface area (Å²) >= 11 is 1.75. The summed E-state index contributed by atoms with van der Waals surface area (Å²) in [6.45, 7) is 3.60. The van der Waals surface area contributed by atoms with Gasteiger partial charge in [-0.1, -0.05) is 11.8 Å². The van der Waals surface area contributed by atoms with Crippen LogP contribution in [0.4, 0.5) is 0 Å². The summed E-state index contributed by atoms with van der Waals surface area (Å²) in [6.07, 6.45) is 7.72. The van der Waals surface area contributed by atoms with Gasteiger partial charge in [-0.25, -0.2) is 4.98 Å². The highest BCUT2D eigenvalue weighted by Gasteiger charge is 2.14. The van der Waals surface area contributed by atoms with Gasteiger partial charge in [0, 0.05) is 31.7 Å². The molecule has 0 N–H and O–H groups in total. The summed E-state index contributed by atoms with van der Waals surface area (Å²) in [5.41, 5.74) is 0.758. The van der Waals surface area contributed by atoms with Crippen molar-refractivity contribution in [3.63, 3.8) is 0 Å². The molecule has 2 aromatic heterocycles. The number of hydrogen-bond acceptors (Lipinski definition) is 6. The zero-order valence-electron chi connectivity index (χ0n) is 11.6. The largest absolute Gasteiger partial charge is 0.304 e. The van der Waals surface area contributed by atoms with Crippen LogP contribution in [0.2, 0.25) is 0 Å². The van der Waals surface area contributed by atoms with E-state index in [1.807, 2.05) is 11.6 Å². The lowest BCUT2D eigenvalue weighted by molar-refractivity contribution is 0.362. The minimum Gasteiger partial charge on any atom is -0.304 e. The molecule has 1 saturated heterocycles. The van der Waals surface area contributed by atoms with Crippen molar-refractivity contribution in [2.24, 2.45) is 7.05 Å². The van der Waals surface area contributed by atoms with E-state index < -0.39 is 0 Å². The molecule has 3 heterocycles. The molecule has 0 aromatic carbocycles. The standard InChI is InChI=1S/C13H18N6S/c1-18-12(11-10-14-4-5-15-11)16-17-13(18)20-9-8-19-6-2-3-7-19/h4-5,10H,2-3,6-9H2,1H3. The number of nitrogens with zero attached hydrogens (tertiary/aromatic N) is 6. The van der Waals surface area contributed by atoms with Crippen molar-refractivity contribution in [3.8, 4) is 11.5 Å². The topological polar surface area (TPSA) is 59.7 Å². The molecule has 0 amide bonds. The zero-order chi connectivity index (χ0) is 13.8. The van der Waals surface area contributed by atoms with E-state index in [1.165, 1.54) is 25.9 Å². The van der Waals surface area contributed by atoms with Crippen molar-refractivity contribution in [2.75, 3.05) is 25.4 Å². The van der Waals surface area contributed by atoms with Gasteiger partial charge in [-0.05, 0) is 25.9 Å². The van der Waals surface area contributed by atoms with Crippen LogP contribution < -0.4 is 0 Å². The predicted molar refractivity (Wildman–Crippen MR) is 78.4 cm³/mol. The minimum absolute atomic E-state index is 0.758. The Bertz CT molecular complexity index is 549. The Hall–Kier alpha value is -1.47. The quantitative estimate of drug-likeness (QED) is 0.777. The fourth-order valence-electron chi connectivity index (χ4n) is 2.35. The van der Waals surface area contributed by atoms with Crippen LogP contribution in [0.5, 0.6) is 0 Å². The first-order valence-electron chi connectivity index (χ1n) is 6.85. The van der Waals surface area contributed by atoms with Crippen LogP contribution in [0.1, 0.15) is 12.8 Å². The third-order valence-corrected chi connectivity index (χ3v) is 4.46. The SMILES string of the molecule is Cn1c(SCCN2CCCC2)nnc1-c1cnccn1. The third kappa shape index (κ3) is 2.99. The van der Waals surface area contributed by atoms with Gasteiger partial charge < -0.3 is 9.47 Å². The zero-order valence-corrected chi connectivity index (χ0v) is 12.4. The van der Waals surface area contributed by atoms with Crippen molar-refractivity contribution in [1.82, 2.24) is 29.6 Å². The van der Waals surface area contributed by atoms with E-state index in [-0.39, 0.29) is 0 Å². The van der Waals surface area contributed by atoms with Crippen molar-refractivity contribution in [3.05, 3.63) is 18.6 Å². The third-order valence-electron chi connectivity index (χ3n) is 3.46. The van der Waals surface area contributed by atoms with Crippen LogP contribution in [0.25, 0.3) is 11.5 Å². The summed E-state index contributed by atoms with van der Waals surface area (Å²) in [5.74, 6) is 1.81. The number of aromatic nitrogens is 5. The average molecular weight is 290 g/mol. The van der Waals surface area contributed by atoms with Crippen LogP contribution in [-0.2, 0) is 7.05 Å². The molecule has 0 atom stereocenters. The molecule has 2 aromatic rings. The highest BCUT2D eigenvalue weighted by molar-refractivity contribution is 7.99. The van der Waals surface area contributed by atoms with Crippen LogP contribution in [0.3, 0.4) is 0 Å². The molecule has 1 aliphatic rings. The lowest BCUT2D eigenvalue weighted by Crippen LogP contribution is -2.22. The molecule has 6 nitrogen and oxygen atoms in total. The van der Waals surface area contributed by atoms with E-state index in [9.17, 15) is 0 Å². The van der Waals surface area contributed by atoms with Crippen LogP contribution in [0, 0.1) is 0 Å². The Kier molecular flexibility index (Phi) is 4.27. The summed E-state index contributed by atoms with van der Waals surface area (Å²) in [6, 6.07) is 0. The Balaban J connectivity index is 1.62. The fraction of sp³-hybridized carbons (Fsp3) is 0.538. The van der Waals surface area contributed by atoms with E-state index in [1.54, 1.807) is 30.4 Å². The molecule has 0 bridgehead atoms. The molecule has 1 fully saturated rings. The highest BCUT2D eigenvalue weighted by Crippen LogP contribution is 2.21. The van der Waals surface area contributed by atoms with Crippen LogP contribution in [-0.4, -0.2) is 55.0 Å². The summed E-state index contributed by atoms with van der Waals surface area (Å²) in [5, 5.41) is 9.39. The summed E-state index contributed by atoms with van der Waals surface area (Å²) in [7, 11) is 1.97. The number of likely N-dealkylation sites (tertiary alicyclic amines) is 1. The second-order valence-corrected chi connectivity index (χ2v) is 5.92. The predicted octanol–water partition coefficient (Wildman–Crippen LogP) is 1.46. The summed E-state index contributed by atoms with van der Waals surface area (Å²) < 4.78 is 1.98. The Morgan fingerprint density at radius 3 is 2.80 bits per heavy atom. The molecule has 0 aliphatic carbocycles. The first-order chi connectivity index (χ1) is 9.84. The van der Waals surface area contributed by atoms with E-state index >= 15 is 0 Å². The van der Waals surface area contributed by atoms with Gasteiger partial charge in [-0.15, -0.1) is 10.2 Å². The van der Waals surface area contributed by atoms with Gasteiger partial charge in [0.15, 0.2) is 11.0 Å². The molecule has 1 aliphatic heterocycles. The Morgan fingerprint density at radius 2 is 2.05 bits per heavy atom. The molecule has 7 heteroatoms. The molecule has 106 valence electrons. The van der Waals surface area contributed by atoms with Gasteiger partial charge in [0.1, 0.15) is 5.69 Å². The number of thioether (sulfide) groups is 1. The lowest BCUT2D eigenvalue weighted by atomic mass is 10.4. The smallest absolute Gasteiger partial charge is 0.191 e. The van der Waals surface area contributed by atoms with Crippen molar-refractivity contribution >= 4 is 11.8 Å². The molecule has 0 radical (unpaired) electrons. The molecule has 0 spiro atoms. The van der Waals surface area contributed by atoms with Gasteiger partial charge in [0.25, 0.3) is 0 Å². The maximum Gasteiger partial charge on any atom is 0.191 e. The maximum absolute atomic E-state index is 4.26. The van der Waals surface area contributed by atoms with Crippen molar-refractivity contribution in [2.45, 2.75) is 18.0 Å². The normalized spacial score (nSPS) is 15.8. The van der Waals surface area contributed by atoms with E-state index in [0.717, 1.165) is 29.0 Å². The number of rotatable bonds is 5. The lowest BCUT2D eigenvalue weighted by Gasteiger charge is -2.13. The molecular formula is C13H18N6S. The molecule has 0 saturated carbocycles. The fourth-order valence-corrected chi connectivity index (χ4v) is 3.26. The van der Waals surface area contributed by atoms with Gasteiger partial charge in [0.2, 0.25) is 0 Å². The second kappa shape index (κ2) is 6.32. The van der Waals surface area contributed by atoms with E-state index in [2.05, 4.69) is 25.1 Å². The molecule has 20 heavy (non-hydrogen) atoms. The van der Waals surface area contributed by atoms with Crippen LogP contribution in [0.15, 0.2) is 23.7 Å². The molecule has 0 unspecified atom stereocenters. The average Bonchev–Trinajstić information content (AvgIpc) is 3.11. The van der Waals surface area contributed by atoms with Gasteiger partial charge in [-0.3, -0.25) is 4.98 Å². The molecule has 3 rings (SSSR count). The van der Waals surface area contributed by atoms with E-state index in [4.69, 9.17) is 0 Å². The molecular weight excluding hydrogens is 272 g/mol. The Morgan fingerprint density at radius 1 is 1.20 bits per heavy atom. The minimum atomic E-state index is 0.758. The first-order valence-corrected chi connectivity index (χ1v) is 7.84. The summed E-state index contributed by atoms with van der Waals surface area (Å²) in [4.78, 5) is 10.8. The van der Waals surface area contributed by atoms with Gasteiger partial charge in [-0.2, -0.15) is 0 Å². The second-order valence-electron chi connectivity index (χ2n) is 4.85. The highest BCUT2D eigenvalue weighted by atomic mass is 32.2. The van der Waals surface area contributed by atoms with Crippen molar-refractivity contribution < 1.29 is 0 Å². The van der Waals surface area contributed by atoms with E-state index in [0.29, 0.717) is 0 Å². The Labute approximate surface area is 122 Å². The number of hydrogen-bond donors (Lipinski definition) is 0. The first kappa shape index (κ1) is 13.5. The maximum atomic E-state index is 4.26. The van der Waals surface area contributed by atoms with Crippen molar-refractivity contribution in [1.29, 1.82) is 0 Å².